The lowest BCUT2D eigenvalue weighted by molar-refractivity contribution is -0.131. The molecule has 2 rings (SSSR count). The minimum Gasteiger partial charge on any atom is -0.423 e. The summed E-state index contributed by atoms with van der Waals surface area (Å²) in [5.41, 5.74) is 0. The van der Waals surface area contributed by atoms with E-state index >= 15 is 0 Å². The molecule has 0 aliphatic rings. The summed E-state index contributed by atoms with van der Waals surface area (Å²) < 4.78 is 7.17. The fourth-order valence-corrected chi connectivity index (χ4v) is 1.50. The van der Waals surface area contributed by atoms with E-state index in [2.05, 4.69) is 9.97 Å². The minimum atomic E-state index is -0.392. The van der Waals surface area contributed by atoms with E-state index in [9.17, 15) is 4.79 Å². The highest BCUT2D eigenvalue weighted by molar-refractivity contribution is 7.71. The van der Waals surface area contributed by atoms with Crippen LogP contribution in [0.15, 0.2) is 30.7 Å². The van der Waals surface area contributed by atoms with Crippen LogP contribution in [0.1, 0.15) is 6.92 Å². The van der Waals surface area contributed by atoms with E-state index < -0.39 is 5.97 Å². The van der Waals surface area contributed by atoms with Gasteiger partial charge < -0.3 is 9.72 Å². The van der Waals surface area contributed by atoms with Gasteiger partial charge in [0.05, 0.1) is 0 Å². The zero-order valence-electron chi connectivity index (χ0n) is 8.51. The number of hydrogen-bond donors (Lipinski definition) is 1. The van der Waals surface area contributed by atoms with E-state index in [1.807, 2.05) is 0 Å². The van der Waals surface area contributed by atoms with Gasteiger partial charge in [-0.3, -0.25) is 9.36 Å². The minimum absolute atomic E-state index is 0.380. The zero-order chi connectivity index (χ0) is 11.5. The average Bonchev–Trinajstić information content (AvgIpc) is 2.64. The Morgan fingerprint density at radius 1 is 1.62 bits per heavy atom. The van der Waals surface area contributed by atoms with Crippen LogP contribution in [0.25, 0.3) is 5.82 Å². The average molecular weight is 235 g/mol. The number of nitrogens with one attached hydrogen (secondary N) is 1. The molecular formula is C10H9N3O2S. The van der Waals surface area contributed by atoms with Gasteiger partial charge in [0.15, 0.2) is 16.3 Å². The predicted molar refractivity (Wildman–Crippen MR) is 60.1 cm³/mol. The van der Waals surface area contributed by atoms with Gasteiger partial charge in [-0.2, -0.15) is 0 Å². The van der Waals surface area contributed by atoms with Crippen molar-refractivity contribution in [2.75, 3.05) is 0 Å². The molecule has 0 radical (unpaired) electrons. The van der Waals surface area contributed by atoms with Crippen molar-refractivity contribution in [1.29, 1.82) is 0 Å². The number of aromatic nitrogens is 3. The molecule has 0 aliphatic carbocycles. The Morgan fingerprint density at radius 3 is 3.06 bits per heavy atom. The summed E-state index contributed by atoms with van der Waals surface area (Å²) in [6.45, 7) is 1.34. The topological polar surface area (TPSA) is 59.9 Å². The number of aromatic amines is 1. The molecule has 5 nitrogen and oxygen atoms in total. The van der Waals surface area contributed by atoms with Crippen molar-refractivity contribution in [2.24, 2.45) is 0 Å². The first-order valence-electron chi connectivity index (χ1n) is 4.58. The lowest BCUT2D eigenvalue weighted by Gasteiger charge is -2.07. The Bertz CT molecular complexity index is 573. The van der Waals surface area contributed by atoms with Crippen LogP contribution in [-0.2, 0) is 4.79 Å². The Labute approximate surface area is 96.7 Å². The molecule has 2 heterocycles. The molecule has 0 fully saturated rings. The number of imidazole rings is 1. The second-order valence-electron chi connectivity index (χ2n) is 3.05. The van der Waals surface area contributed by atoms with E-state index in [0.717, 1.165) is 0 Å². The van der Waals surface area contributed by atoms with Crippen LogP contribution in [0, 0.1) is 4.77 Å². The van der Waals surface area contributed by atoms with Crippen molar-refractivity contribution in [3.63, 3.8) is 0 Å². The number of pyridine rings is 1. The first-order chi connectivity index (χ1) is 7.68. The number of hydrogen-bond acceptors (Lipinski definition) is 4. The quantitative estimate of drug-likeness (QED) is 0.637. The van der Waals surface area contributed by atoms with E-state index in [0.29, 0.717) is 16.3 Å². The smallest absolute Gasteiger partial charge is 0.308 e. The Balaban J connectivity index is 2.53. The second-order valence-corrected chi connectivity index (χ2v) is 3.44. The third-order valence-corrected chi connectivity index (χ3v) is 2.20. The molecule has 0 amide bonds. The third kappa shape index (κ3) is 2.01. The first-order valence-corrected chi connectivity index (χ1v) is 4.99. The summed E-state index contributed by atoms with van der Waals surface area (Å²) in [5, 5.41) is 0. The van der Waals surface area contributed by atoms with Gasteiger partial charge in [0.25, 0.3) is 0 Å². The van der Waals surface area contributed by atoms with Crippen LogP contribution in [0.5, 0.6) is 5.75 Å². The molecular weight excluding hydrogens is 226 g/mol. The van der Waals surface area contributed by atoms with Gasteiger partial charge in [0.1, 0.15) is 0 Å². The number of ether oxygens (including phenoxy) is 1. The lowest BCUT2D eigenvalue weighted by atomic mass is 10.4. The fourth-order valence-electron chi connectivity index (χ4n) is 1.28. The van der Waals surface area contributed by atoms with Gasteiger partial charge >= 0.3 is 5.97 Å². The Hall–Kier alpha value is -1.95. The Kier molecular flexibility index (Phi) is 2.82. The number of H-pyrrole nitrogens is 1. The van der Waals surface area contributed by atoms with Crippen LogP contribution >= 0.6 is 12.2 Å². The molecule has 0 saturated carbocycles. The molecule has 0 bridgehead atoms. The molecule has 2 aromatic rings. The van der Waals surface area contributed by atoms with Crippen LogP contribution in [-0.4, -0.2) is 20.5 Å². The fraction of sp³-hybridized carbons (Fsp3) is 0.100. The van der Waals surface area contributed by atoms with E-state index in [-0.39, 0.29) is 0 Å². The van der Waals surface area contributed by atoms with Crippen LogP contribution in [0.4, 0.5) is 0 Å². The molecule has 82 valence electrons. The predicted octanol–water partition coefficient (Wildman–Crippen LogP) is 1.86. The molecule has 6 heteroatoms. The zero-order valence-corrected chi connectivity index (χ0v) is 9.32. The molecule has 0 spiro atoms. The van der Waals surface area contributed by atoms with Gasteiger partial charge in [-0.15, -0.1) is 0 Å². The maximum atomic E-state index is 10.9. The summed E-state index contributed by atoms with van der Waals surface area (Å²) in [4.78, 5) is 17.9. The molecule has 2 aromatic heterocycles. The van der Waals surface area contributed by atoms with Crippen molar-refractivity contribution in [1.82, 2.24) is 14.5 Å². The number of esters is 1. The molecule has 0 aromatic carbocycles. The molecule has 1 N–H and O–H groups in total. The van der Waals surface area contributed by atoms with E-state index in [1.165, 1.54) is 6.92 Å². The van der Waals surface area contributed by atoms with E-state index in [4.69, 9.17) is 17.0 Å². The number of nitrogens with zero attached hydrogens (tertiary/aromatic N) is 2. The number of rotatable bonds is 2. The summed E-state index contributed by atoms with van der Waals surface area (Å²) in [7, 11) is 0. The van der Waals surface area contributed by atoms with Crippen molar-refractivity contribution in [3.8, 4) is 11.6 Å². The highest BCUT2D eigenvalue weighted by Gasteiger charge is 2.09. The standard InChI is InChI=1S/C10H9N3O2S/c1-7(14)15-8-3-2-4-11-9(8)13-6-5-12-10(13)16/h2-6H,1H3,(H,12,16). The van der Waals surface area contributed by atoms with Crippen molar-refractivity contribution < 1.29 is 9.53 Å². The second kappa shape index (κ2) is 4.28. The molecule has 0 unspecified atom stereocenters. The summed E-state index contributed by atoms with van der Waals surface area (Å²) in [5.74, 6) is 0.478. The van der Waals surface area contributed by atoms with Crippen molar-refractivity contribution >= 4 is 18.2 Å². The monoisotopic (exact) mass is 235 g/mol. The van der Waals surface area contributed by atoms with Crippen LogP contribution < -0.4 is 4.74 Å². The Morgan fingerprint density at radius 2 is 2.44 bits per heavy atom. The lowest BCUT2D eigenvalue weighted by Crippen LogP contribution is -2.06. The number of carbonyl (C=O) groups excluding carboxylic acids is 1. The summed E-state index contributed by atoms with van der Waals surface area (Å²) in [6, 6.07) is 3.36. The number of carbonyl (C=O) groups is 1. The van der Waals surface area contributed by atoms with Gasteiger partial charge in [-0.05, 0) is 24.4 Å². The van der Waals surface area contributed by atoms with Crippen molar-refractivity contribution in [2.45, 2.75) is 6.92 Å². The largest absolute Gasteiger partial charge is 0.423 e. The molecule has 0 atom stereocenters. The van der Waals surface area contributed by atoms with Crippen molar-refractivity contribution in [3.05, 3.63) is 35.5 Å². The third-order valence-electron chi connectivity index (χ3n) is 1.88. The maximum Gasteiger partial charge on any atom is 0.308 e. The van der Waals surface area contributed by atoms with Gasteiger partial charge in [0, 0.05) is 25.5 Å². The molecule has 0 saturated heterocycles. The summed E-state index contributed by atoms with van der Waals surface area (Å²) in [6.07, 6.45) is 5.02. The SMILES string of the molecule is CC(=O)Oc1cccnc1-n1cc[nH]c1=S. The molecule has 0 aliphatic heterocycles. The molecule has 16 heavy (non-hydrogen) atoms. The van der Waals surface area contributed by atoms with Crippen LogP contribution in [0.2, 0.25) is 0 Å². The maximum absolute atomic E-state index is 10.9. The van der Waals surface area contributed by atoms with E-state index in [1.54, 1.807) is 35.3 Å². The summed E-state index contributed by atoms with van der Waals surface area (Å²) >= 11 is 5.07. The first kappa shape index (κ1) is 10.6. The van der Waals surface area contributed by atoms with Crippen LogP contribution in [0.3, 0.4) is 0 Å². The highest BCUT2D eigenvalue weighted by atomic mass is 32.1. The van der Waals surface area contributed by atoms with Gasteiger partial charge in [-0.1, -0.05) is 0 Å². The van der Waals surface area contributed by atoms with Gasteiger partial charge in [-0.25, -0.2) is 4.98 Å². The normalized spacial score (nSPS) is 10.1. The highest BCUT2D eigenvalue weighted by Crippen LogP contribution is 2.19. The van der Waals surface area contributed by atoms with Gasteiger partial charge in [0.2, 0.25) is 0 Å².